The Morgan fingerprint density at radius 3 is 2.31 bits per heavy atom. The first-order chi connectivity index (χ1) is 14.2. The lowest BCUT2D eigenvalue weighted by molar-refractivity contribution is 0.0745. The molecule has 5 heteroatoms. The van der Waals surface area contributed by atoms with Gasteiger partial charge in [0.15, 0.2) is 0 Å². The first-order valence-electron chi connectivity index (χ1n) is 9.95. The van der Waals surface area contributed by atoms with Gasteiger partial charge in [0.2, 0.25) is 0 Å². The maximum atomic E-state index is 13.4. The van der Waals surface area contributed by atoms with Crippen LogP contribution >= 0.6 is 0 Å². The summed E-state index contributed by atoms with van der Waals surface area (Å²) >= 11 is 0. The smallest absolute Gasteiger partial charge is 0.254 e. The molecule has 3 aromatic carbocycles. The zero-order valence-electron chi connectivity index (χ0n) is 16.5. The van der Waals surface area contributed by atoms with Crippen LogP contribution in [0.4, 0.5) is 0 Å². The molecule has 4 rings (SSSR count). The minimum Gasteiger partial charge on any atom is -0.334 e. The number of aryl methyl sites for hydroxylation is 1. The predicted molar refractivity (Wildman–Crippen MR) is 115 cm³/mol. The van der Waals surface area contributed by atoms with Crippen molar-refractivity contribution >= 4 is 16.9 Å². The van der Waals surface area contributed by atoms with Gasteiger partial charge in [0.25, 0.3) is 5.91 Å². The Hall–Kier alpha value is -3.47. The summed E-state index contributed by atoms with van der Waals surface area (Å²) in [7, 11) is 0. The van der Waals surface area contributed by atoms with E-state index in [1.807, 2.05) is 71.1 Å². The molecule has 0 bridgehead atoms. The van der Waals surface area contributed by atoms with Gasteiger partial charge in [0.05, 0.1) is 5.52 Å². The Morgan fingerprint density at radius 1 is 0.931 bits per heavy atom. The average Bonchev–Trinajstić information content (AvgIpc) is 3.20. The Kier molecular flexibility index (Phi) is 5.66. The highest BCUT2D eigenvalue weighted by molar-refractivity contribution is 5.97. The second-order valence-corrected chi connectivity index (χ2v) is 7.06. The predicted octanol–water partition coefficient (Wildman–Crippen LogP) is 4.34. The Labute approximate surface area is 170 Å². The van der Waals surface area contributed by atoms with Crippen molar-refractivity contribution in [1.29, 1.82) is 0 Å². The number of aromatic nitrogens is 3. The third-order valence-corrected chi connectivity index (χ3v) is 5.08. The summed E-state index contributed by atoms with van der Waals surface area (Å²) in [6, 6.07) is 26.0. The molecule has 1 amide bonds. The van der Waals surface area contributed by atoms with Crippen LogP contribution < -0.4 is 0 Å². The molecule has 0 radical (unpaired) electrons. The van der Waals surface area contributed by atoms with Crippen LogP contribution in [-0.2, 0) is 19.5 Å². The lowest BCUT2D eigenvalue weighted by atomic mass is 10.1. The van der Waals surface area contributed by atoms with Crippen molar-refractivity contribution in [2.45, 2.75) is 26.4 Å². The van der Waals surface area contributed by atoms with Gasteiger partial charge in [-0.15, -0.1) is 5.10 Å². The summed E-state index contributed by atoms with van der Waals surface area (Å²) < 4.78 is 1.83. The fraction of sp³-hybridized carbons (Fsp3) is 0.208. The van der Waals surface area contributed by atoms with Crippen LogP contribution in [0, 0.1) is 0 Å². The first-order valence-corrected chi connectivity index (χ1v) is 9.95. The van der Waals surface area contributed by atoms with Gasteiger partial charge in [-0.05, 0) is 42.7 Å². The second kappa shape index (κ2) is 8.69. The molecule has 1 heterocycles. The number of rotatable bonds is 7. The molecule has 29 heavy (non-hydrogen) atoms. The van der Waals surface area contributed by atoms with E-state index in [0.717, 1.165) is 29.6 Å². The van der Waals surface area contributed by atoms with E-state index in [1.54, 1.807) is 0 Å². The van der Waals surface area contributed by atoms with Gasteiger partial charge in [-0.2, -0.15) is 0 Å². The van der Waals surface area contributed by atoms with Crippen LogP contribution in [0.25, 0.3) is 11.0 Å². The van der Waals surface area contributed by atoms with Crippen LogP contribution in [0.3, 0.4) is 0 Å². The number of carbonyl (C=O) groups excluding carboxylic acids is 1. The van der Waals surface area contributed by atoms with Crippen molar-refractivity contribution in [2.24, 2.45) is 0 Å². The molecule has 0 atom stereocenters. The molecular formula is C24H24N4O. The molecular weight excluding hydrogens is 360 g/mol. The molecule has 0 unspecified atom stereocenters. The van der Waals surface area contributed by atoms with E-state index in [9.17, 15) is 4.79 Å². The number of carbonyl (C=O) groups is 1. The number of hydrogen-bond acceptors (Lipinski definition) is 3. The van der Waals surface area contributed by atoms with Gasteiger partial charge in [-0.1, -0.05) is 65.9 Å². The van der Waals surface area contributed by atoms with Gasteiger partial charge in [-0.25, -0.2) is 4.68 Å². The van der Waals surface area contributed by atoms with Crippen molar-refractivity contribution in [2.75, 3.05) is 6.54 Å². The number of benzene rings is 3. The highest BCUT2D eigenvalue weighted by Crippen LogP contribution is 2.17. The lowest BCUT2D eigenvalue weighted by Gasteiger charge is -2.23. The van der Waals surface area contributed by atoms with Crippen LogP contribution in [0.5, 0.6) is 0 Å². The monoisotopic (exact) mass is 384 g/mol. The van der Waals surface area contributed by atoms with Crippen molar-refractivity contribution in [3.05, 3.63) is 95.6 Å². The molecule has 0 fully saturated rings. The van der Waals surface area contributed by atoms with Crippen LogP contribution in [0.1, 0.15) is 28.4 Å². The fourth-order valence-corrected chi connectivity index (χ4v) is 3.49. The molecule has 0 saturated carbocycles. The molecule has 5 nitrogen and oxygen atoms in total. The molecule has 0 aliphatic rings. The highest BCUT2D eigenvalue weighted by Gasteiger charge is 2.18. The largest absolute Gasteiger partial charge is 0.334 e. The summed E-state index contributed by atoms with van der Waals surface area (Å²) in [4.78, 5) is 15.3. The van der Waals surface area contributed by atoms with Gasteiger partial charge < -0.3 is 4.90 Å². The molecule has 0 N–H and O–H groups in total. The Bertz CT molecular complexity index is 1090. The van der Waals surface area contributed by atoms with E-state index in [4.69, 9.17) is 0 Å². The molecule has 0 aliphatic heterocycles. The van der Waals surface area contributed by atoms with E-state index in [1.165, 1.54) is 5.56 Å². The van der Waals surface area contributed by atoms with E-state index < -0.39 is 0 Å². The number of nitrogens with zero attached hydrogens (tertiary/aromatic N) is 4. The molecule has 0 aliphatic carbocycles. The van der Waals surface area contributed by atoms with Gasteiger partial charge in [-0.3, -0.25) is 4.79 Å². The molecule has 1 aromatic heterocycles. The summed E-state index contributed by atoms with van der Waals surface area (Å²) in [5.74, 6) is 0.0118. The zero-order chi connectivity index (χ0) is 20.1. The zero-order valence-corrected chi connectivity index (χ0v) is 16.5. The first kappa shape index (κ1) is 18.9. The normalized spacial score (nSPS) is 10.9. The summed E-state index contributed by atoms with van der Waals surface area (Å²) in [5, 5.41) is 8.36. The maximum Gasteiger partial charge on any atom is 0.254 e. The molecule has 0 spiro atoms. The highest BCUT2D eigenvalue weighted by atomic mass is 16.2. The van der Waals surface area contributed by atoms with Gasteiger partial charge in [0.1, 0.15) is 5.52 Å². The van der Waals surface area contributed by atoms with E-state index in [0.29, 0.717) is 18.7 Å². The van der Waals surface area contributed by atoms with Crippen molar-refractivity contribution in [1.82, 2.24) is 19.9 Å². The van der Waals surface area contributed by atoms with Crippen molar-refractivity contribution < 1.29 is 4.79 Å². The van der Waals surface area contributed by atoms with E-state index in [2.05, 4.69) is 34.6 Å². The minimum absolute atomic E-state index is 0.0118. The van der Waals surface area contributed by atoms with Gasteiger partial charge >= 0.3 is 0 Å². The maximum absolute atomic E-state index is 13.4. The molecule has 0 saturated heterocycles. The van der Waals surface area contributed by atoms with Gasteiger partial charge in [0, 0.05) is 25.2 Å². The minimum atomic E-state index is 0.0118. The standard InChI is InChI=1S/C24H24N4O/c1-2-28-23-14-13-21(17-22(23)25-26-28)24(29)27(18-20-11-7-4-8-12-20)16-15-19-9-5-3-6-10-19/h3-14,17H,2,15-16,18H2,1H3. The fourth-order valence-electron chi connectivity index (χ4n) is 3.49. The van der Waals surface area contributed by atoms with Crippen LogP contribution in [0.2, 0.25) is 0 Å². The van der Waals surface area contributed by atoms with Crippen molar-refractivity contribution in [3.8, 4) is 0 Å². The van der Waals surface area contributed by atoms with Crippen LogP contribution in [0.15, 0.2) is 78.9 Å². The number of amides is 1. The molecule has 146 valence electrons. The Morgan fingerprint density at radius 2 is 1.62 bits per heavy atom. The molecule has 4 aromatic rings. The lowest BCUT2D eigenvalue weighted by Crippen LogP contribution is -2.32. The number of fused-ring (bicyclic) bond motifs is 1. The van der Waals surface area contributed by atoms with Crippen molar-refractivity contribution in [3.63, 3.8) is 0 Å². The summed E-state index contributed by atoms with van der Waals surface area (Å²) in [5.41, 5.74) is 4.68. The Balaban J connectivity index is 1.59. The number of hydrogen-bond donors (Lipinski definition) is 0. The average molecular weight is 384 g/mol. The third-order valence-electron chi connectivity index (χ3n) is 5.08. The second-order valence-electron chi connectivity index (χ2n) is 7.06. The quantitative estimate of drug-likeness (QED) is 0.476. The van der Waals surface area contributed by atoms with E-state index >= 15 is 0 Å². The third kappa shape index (κ3) is 4.35. The SMILES string of the molecule is CCn1nnc2cc(C(=O)N(CCc3ccccc3)Cc3ccccc3)ccc21. The van der Waals surface area contributed by atoms with E-state index in [-0.39, 0.29) is 5.91 Å². The topological polar surface area (TPSA) is 51.0 Å². The van der Waals surface area contributed by atoms with Crippen LogP contribution in [-0.4, -0.2) is 32.3 Å². The summed E-state index contributed by atoms with van der Waals surface area (Å²) in [6.45, 7) is 4.00. The summed E-state index contributed by atoms with van der Waals surface area (Å²) in [6.07, 6.45) is 0.813.